The fourth-order valence-corrected chi connectivity index (χ4v) is 3.18. The summed E-state index contributed by atoms with van der Waals surface area (Å²) < 4.78 is 14.5. The number of carbonyl (C=O) groups excluding carboxylic acids is 1. The van der Waals surface area contributed by atoms with Crippen molar-refractivity contribution >= 4 is 17.4 Å². The number of rotatable bonds is 3. The highest BCUT2D eigenvalue weighted by atomic mass is 19.1. The van der Waals surface area contributed by atoms with E-state index in [4.69, 9.17) is 11.0 Å². The van der Waals surface area contributed by atoms with E-state index in [2.05, 4.69) is 25.6 Å². The zero-order valence-electron chi connectivity index (χ0n) is 15.1. The summed E-state index contributed by atoms with van der Waals surface area (Å²) in [5.41, 5.74) is 8.29. The molecule has 4 rings (SSSR count). The van der Waals surface area contributed by atoms with Gasteiger partial charge in [0.1, 0.15) is 29.5 Å². The normalized spacial score (nSPS) is 19.9. The number of carbonyl (C=O) groups is 1. The van der Waals surface area contributed by atoms with Gasteiger partial charge in [0, 0.05) is 36.3 Å². The van der Waals surface area contributed by atoms with E-state index in [0.717, 1.165) is 0 Å². The molecule has 8 nitrogen and oxygen atoms in total. The molecule has 0 fully saturated rings. The lowest BCUT2D eigenvalue weighted by atomic mass is 9.97. The number of nitrogens with one attached hydrogen (secondary N) is 2. The molecule has 0 bridgehead atoms. The fraction of sp³-hybridized carbons (Fsp3) is 0.150. The van der Waals surface area contributed by atoms with Crippen LogP contribution in [0.4, 0.5) is 10.1 Å². The van der Waals surface area contributed by atoms with Gasteiger partial charge in [-0.1, -0.05) is 6.08 Å². The van der Waals surface area contributed by atoms with Crippen LogP contribution in [0.5, 0.6) is 0 Å². The fourth-order valence-electron chi connectivity index (χ4n) is 3.18. The minimum Gasteiger partial charge on any atom is -0.382 e. The zero-order chi connectivity index (χ0) is 20.4. The van der Waals surface area contributed by atoms with E-state index < -0.39 is 17.9 Å². The first-order valence-electron chi connectivity index (χ1n) is 8.83. The second kappa shape index (κ2) is 7.52. The van der Waals surface area contributed by atoms with Gasteiger partial charge < -0.3 is 16.4 Å². The number of nitrogens with two attached hydrogens (primary N) is 1. The summed E-state index contributed by atoms with van der Waals surface area (Å²) >= 11 is 0. The Labute approximate surface area is 165 Å². The Morgan fingerprint density at radius 2 is 2.17 bits per heavy atom. The van der Waals surface area contributed by atoms with Crippen LogP contribution in [0, 0.1) is 17.1 Å². The Morgan fingerprint density at radius 3 is 2.93 bits per heavy atom. The first kappa shape index (κ1) is 18.3. The molecule has 144 valence electrons. The highest BCUT2D eigenvalue weighted by Crippen LogP contribution is 2.30. The van der Waals surface area contributed by atoms with E-state index in [9.17, 15) is 9.18 Å². The van der Waals surface area contributed by atoms with E-state index in [-0.39, 0.29) is 11.7 Å². The van der Waals surface area contributed by atoms with Crippen LogP contribution in [0.15, 0.2) is 59.5 Å². The predicted octanol–water partition coefficient (Wildman–Crippen LogP) is 1.49. The summed E-state index contributed by atoms with van der Waals surface area (Å²) in [5, 5.41) is 14.4. The number of aliphatic imine (C=N–C) groups is 1. The summed E-state index contributed by atoms with van der Waals surface area (Å²) in [6.07, 6.45) is 8.05. The van der Waals surface area contributed by atoms with E-state index in [0.29, 0.717) is 34.6 Å². The second-order valence-corrected chi connectivity index (χ2v) is 6.53. The van der Waals surface area contributed by atoms with Crippen molar-refractivity contribution in [3.8, 4) is 6.07 Å². The van der Waals surface area contributed by atoms with Crippen molar-refractivity contribution in [2.24, 2.45) is 10.7 Å². The molecule has 0 saturated heterocycles. The zero-order valence-corrected chi connectivity index (χ0v) is 15.1. The van der Waals surface area contributed by atoms with Crippen LogP contribution in [0.2, 0.25) is 0 Å². The number of nitrogens with zero attached hydrogens (tertiary/aromatic N) is 4. The first-order valence-corrected chi connectivity index (χ1v) is 8.83. The number of allylic oxidation sites excluding steroid dienone is 2. The van der Waals surface area contributed by atoms with Crippen molar-refractivity contribution in [3.05, 3.63) is 77.3 Å². The second-order valence-electron chi connectivity index (χ2n) is 6.53. The summed E-state index contributed by atoms with van der Waals surface area (Å²) in [6, 6.07) is 5.08. The molecule has 3 heterocycles. The molecule has 1 amide bonds. The summed E-state index contributed by atoms with van der Waals surface area (Å²) in [7, 11) is 0. The lowest BCUT2D eigenvalue weighted by Gasteiger charge is -2.21. The van der Waals surface area contributed by atoms with E-state index in [1.165, 1.54) is 24.5 Å². The number of hydrogen-bond acceptors (Lipinski definition) is 7. The van der Waals surface area contributed by atoms with Crippen LogP contribution in [0.3, 0.4) is 0 Å². The van der Waals surface area contributed by atoms with Crippen molar-refractivity contribution in [1.82, 2.24) is 15.3 Å². The van der Waals surface area contributed by atoms with Crippen LogP contribution in [0.1, 0.15) is 23.0 Å². The van der Waals surface area contributed by atoms with Crippen molar-refractivity contribution < 1.29 is 9.18 Å². The number of nitriles is 1. The van der Waals surface area contributed by atoms with Gasteiger partial charge >= 0.3 is 0 Å². The van der Waals surface area contributed by atoms with Crippen LogP contribution >= 0.6 is 0 Å². The van der Waals surface area contributed by atoms with Crippen molar-refractivity contribution in [1.29, 1.82) is 5.26 Å². The summed E-state index contributed by atoms with van der Waals surface area (Å²) in [6.45, 7) is 0. The molecule has 1 unspecified atom stereocenters. The Bertz CT molecular complexity index is 1120. The van der Waals surface area contributed by atoms with E-state index in [1.807, 2.05) is 6.07 Å². The van der Waals surface area contributed by atoms with Crippen LogP contribution in [0.25, 0.3) is 0 Å². The highest BCUT2D eigenvalue weighted by molar-refractivity contribution is 5.98. The van der Waals surface area contributed by atoms with Crippen LogP contribution in [-0.2, 0) is 11.2 Å². The number of anilines is 1. The predicted molar refractivity (Wildman–Crippen MR) is 104 cm³/mol. The summed E-state index contributed by atoms with van der Waals surface area (Å²) in [4.78, 5) is 25.2. The van der Waals surface area contributed by atoms with Gasteiger partial charge in [0.25, 0.3) is 5.91 Å². The molecular formula is C20H16FN7O. The van der Waals surface area contributed by atoms with Crippen LogP contribution < -0.4 is 16.4 Å². The smallest absolute Gasteiger partial charge is 0.250 e. The lowest BCUT2D eigenvalue weighted by Crippen LogP contribution is -2.37. The van der Waals surface area contributed by atoms with Gasteiger partial charge in [0.05, 0.1) is 17.3 Å². The lowest BCUT2D eigenvalue weighted by molar-refractivity contribution is -0.116. The van der Waals surface area contributed by atoms with Crippen molar-refractivity contribution in [2.45, 2.75) is 18.5 Å². The number of hydrogen-bond donors (Lipinski definition) is 3. The third kappa shape index (κ3) is 3.68. The molecule has 2 atom stereocenters. The number of amidine groups is 1. The van der Waals surface area contributed by atoms with Gasteiger partial charge in [-0.3, -0.25) is 14.8 Å². The Hall–Kier alpha value is -4.06. The van der Waals surface area contributed by atoms with Crippen LogP contribution in [-0.4, -0.2) is 27.8 Å². The number of amides is 1. The molecular weight excluding hydrogens is 373 g/mol. The molecule has 0 aliphatic carbocycles. The highest BCUT2D eigenvalue weighted by Gasteiger charge is 2.25. The van der Waals surface area contributed by atoms with Gasteiger partial charge in [0.15, 0.2) is 0 Å². The Balaban J connectivity index is 1.54. The average molecular weight is 389 g/mol. The maximum absolute atomic E-state index is 14.5. The molecule has 0 spiro atoms. The molecule has 0 radical (unpaired) electrons. The molecule has 1 aromatic carbocycles. The molecule has 9 heteroatoms. The molecule has 1 aromatic heterocycles. The number of aromatic nitrogens is 2. The van der Waals surface area contributed by atoms with Crippen molar-refractivity contribution in [2.75, 3.05) is 5.32 Å². The minimum absolute atomic E-state index is 0.204. The monoisotopic (exact) mass is 389 g/mol. The third-order valence-electron chi connectivity index (χ3n) is 4.62. The van der Waals surface area contributed by atoms with Gasteiger partial charge in [-0.05, 0) is 24.3 Å². The van der Waals surface area contributed by atoms with E-state index >= 15 is 0 Å². The third-order valence-corrected chi connectivity index (χ3v) is 4.62. The molecule has 0 saturated carbocycles. The maximum atomic E-state index is 14.5. The standard InChI is InChI=1S/C20H16FN7O/c21-14-3-2-12(27-20(29)15-4-1-11(9-22)10-26-15)7-13(14)16-8-17-18(19(23)28-16)25-6-5-24-17/h1-7,10,15-16,26H,8H2,(H2,23,28)(H,27,29)/t15?,16-/m0/s1. The van der Waals surface area contributed by atoms with Crippen molar-refractivity contribution in [3.63, 3.8) is 0 Å². The Morgan fingerprint density at radius 1 is 1.34 bits per heavy atom. The van der Waals surface area contributed by atoms with Gasteiger partial charge in [-0.2, -0.15) is 5.26 Å². The molecule has 2 aliphatic rings. The van der Waals surface area contributed by atoms with E-state index in [1.54, 1.807) is 24.4 Å². The minimum atomic E-state index is -0.633. The van der Waals surface area contributed by atoms with Gasteiger partial charge in [-0.15, -0.1) is 0 Å². The van der Waals surface area contributed by atoms with Gasteiger partial charge in [0.2, 0.25) is 0 Å². The quantitative estimate of drug-likeness (QED) is 0.729. The number of halogens is 1. The number of benzene rings is 1. The Kier molecular flexibility index (Phi) is 4.75. The average Bonchev–Trinajstić information content (AvgIpc) is 2.75. The topological polar surface area (TPSA) is 129 Å². The summed E-state index contributed by atoms with van der Waals surface area (Å²) in [5.74, 6) is -0.584. The maximum Gasteiger partial charge on any atom is 0.250 e. The largest absolute Gasteiger partial charge is 0.382 e. The molecule has 29 heavy (non-hydrogen) atoms. The molecule has 4 N–H and O–H groups in total. The molecule has 2 aliphatic heterocycles. The number of fused-ring (bicyclic) bond motifs is 1. The molecule has 2 aromatic rings. The SMILES string of the molecule is N#CC1=CNC(C(=O)Nc2ccc(F)c([C@@H]3Cc4nccnc4C(N)=N3)c2)C=C1. The number of dihydropyridines is 1. The first-order chi connectivity index (χ1) is 14.0. The van der Waals surface area contributed by atoms with Gasteiger partial charge in [-0.25, -0.2) is 9.37 Å².